The summed E-state index contributed by atoms with van der Waals surface area (Å²) in [5.41, 5.74) is 8.17. The molecule has 2 aromatic carbocycles. The Morgan fingerprint density at radius 2 is 1.20 bits per heavy atom. The molecule has 0 aliphatic carbocycles. The minimum Gasteiger partial charge on any atom is -0.370 e. The van der Waals surface area contributed by atoms with Crippen LogP contribution in [-0.2, 0) is 11.3 Å². The number of benzene rings is 2. The molecule has 8 rings (SSSR count). The number of allylic oxidation sites excluding steroid dienone is 1. The Morgan fingerprint density at radius 3 is 1.50 bits per heavy atom. The molecule has 0 amide bonds. The highest BCUT2D eigenvalue weighted by Crippen LogP contribution is 2.11. The fraction of sp³-hybridized carbons (Fsp3) is 0.605. The molecule has 12 heteroatoms. The van der Waals surface area contributed by atoms with E-state index in [4.69, 9.17) is 4.74 Å². The van der Waals surface area contributed by atoms with Crippen molar-refractivity contribution in [3.05, 3.63) is 78.5 Å². The first-order valence-electron chi connectivity index (χ1n) is 19.4. The van der Waals surface area contributed by atoms with Gasteiger partial charge in [-0.05, 0) is 38.4 Å². The number of likely N-dealkylation sites (N-methyl/N-ethyl adjacent to an activating group) is 1. The van der Waals surface area contributed by atoms with Crippen LogP contribution in [0.3, 0.4) is 0 Å². The zero-order valence-electron chi connectivity index (χ0n) is 31.4. The van der Waals surface area contributed by atoms with Gasteiger partial charge in [-0.2, -0.15) is 17.2 Å². The van der Waals surface area contributed by atoms with Crippen molar-refractivity contribution in [1.29, 1.82) is 0 Å². The minimum atomic E-state index is 0.890. The lowest BCUT2D eigenvalue weighted by atomic mass is 10.2. The topological polar surface area (TPSA) is 155 Å². The third-order valence-corrected chi connectivity index (χ3v) is 9.57. The molecule has 0 aromatic heterocycles. The van der Waals surface area contributed by atoms with E-state index in [0.717, 1.165) is 32.8 Å². The van der Waals surface area contributed by atoms with Crippen LogP contribution in [0.15, 0.2) is 78.0 Å². The van der Waals surface area contributed by atoms with Crippen molar-refractivity contribution < 1.29 is 42.5 Å². The highest BCUT2D eigenvalue weighted by atomic mass is 32.2. The van der Waals surface area contributed by atoms with Crippen molar-refractivity contribution in [3.8, 4) is 0 Å². The van der Waals surface area contributed by atoms with E-state index in [0.29, 0.717) is 0 Å². The molecule has 0 bridgehead atoms. The number of morpholine rings is 1. The molecule has 282 valence electrons. The van der Waals surface area contributed by atoms with Crippen LogP contribution in [0.4, 0.5) is 5.69 Å². The predicted molar refractivity (Wildman–Crippen MR) is 209 cm³/mol. The number of quaternary nitrogens is 7. The summed E-state index contributed by atoms with van der Waals surface area (Å²) < 4.78 is 5.04. The first kappa shape index (κ1) is 43.8. The summed E-state index contributed by atoms with van der Waals surface area (Å²) in [7, 11) is 2.17. The molecule has 50 heavy (non-hydrogen) atoms. The predicted octanol–water partition coefficient (Wildman–Crippen LogP) is -4.33. The van der Waals surface area contributed by atoms with Crippen LogP contribution in [0.25, 0.3) is 0 Å². The van der Waals surface area contributed by atoms with E-state index in [1.54, 1.807) is 11.6 Å². The molecule has 6 heterocycles. The molecule has 11 nitrogen and oxygen atoms in total. The largest absolute Gasteiger partial charge is 0.370 e. The molecule has 5 fully saturated rings. The fourth-order valence-electron chi connectivity index (χ4n) is 5.48. The maximum atomic E-state index is 5.04. The van der Waals surface area contributed by atoms with Gasteiger partial charge in [0.1, 0.15) is 6.20 Å². The number of piperidine rings is 1. The van der Waals surface area contributed by atoms with Crippen molar-refractivity contribution >= 4 is 23.7 Å². The van der Waals surface area contributed by atoms with E-state index in [9.17, 15) is 0 Å². The van der Waals surface area contributed by atoms with Crippen molar-refractivity contribution in [2.45, 2.75) is 25.8 Å². The second-order valence-corrected chi connectivity index (χ2v) is 14.0. The molecule has 0 atom stereocenters. The van der Waals surface area contributed by atoms with Crippen molar-refractivity contribution in [2.75, 3.05) is 128 Å². The lowest BCUT2D eigenvalue weighted by Gasteiger charge is -2.27. The summed E-state index contributed by atoms with van der Waals surface area (Å²) in [6.07, 6.45) is 9.89. The highest BCUT2D eigenvalue weighted by Gasteiger charge is 2.11. The second kappa shape index (κ2) is 33.8. The van der Waals surface area contributed by atoms with Gasteiger partial charge >= 0.3 is 0 Å². The Balaban J connectivity index is 0.000000207. The number of anilines is 1. The van der Waals surface area contributed by atoms with Crippen molar-refractivity contribution in [1.82, 2.24) is 4.90 Å². The summed E-state index contributed by atoms with van der Waals surface area (Å²) in [6.45, 7) is 20.4. The summed E-state index contributed by atoms with van der Waals surface area (Å²) in [5, 5.41) is 15.5. The lowest BCUT2D eigenvalue weighted by molar-refractivity contribution is -0.670. The van der Waals surface area contributed by atoms with Gasteiger partial charge in [0.25, 0.3) is 0 Å². The first-order valence-corrected chi connectivity index (χ1v) is 20.5. The van der Waals surface area contributed by atoms with Crippen LogP contribution < -0.4 is 42.6 Å². The molecule has 0 unspecified atom stereocenters. The van der Waals surface area contributed by atoms with E-state index in [-0.39, 0.29) is 0 Å². The van der Waals surface area contributed by atoms with Gasteiger partial charge in [-0.3, -0.25) is 4.90 Å². The number of thioether (sulfide) groups is 1. The van der Waals surface area contributed by atoms with Gasteiger partial charge in [-0.25, -0.2) is 0 Å². The van der Waals surface area contributed by atoms with Gasteiger partial charge < -0.3 is 42.0 Å². The van der Waals surface area contributed by atoms with Gasteiger partial charge in [0, 0.05) is 41.9 Å². The quantitative estimate of drug-likeness (QED) is 0.157. The number of hydrogen-bond acceptors (Lipinski definition) is 5. The number of hydrogen-bond donors (Lipinski definition) is 7. The van der Waals surface area contributed by atoms with E-state index in [1.807, 2.05) is 30.5 Å². The number of para-hydroxylation sites is 1. The van der Waals surface area contributed by atoms with Crippen LogP contribution in [0, 0.1) is 0 Å². The molecule has 5 saturated heterocycles. The minimum absolute atomic E-state index is 0.890. The molecule has 6 aliphatic heterocycles. The zero-order chi connectivity index (χ0) is 35.4. The molecule has 0 radical (unpaired) electrons. The van der Waals surface area contributed by atoms with Crippen LogP contribution >= 0.6 is 11.8 Å². The van der Waals surface area contributed by atoms with Gasteiger partial charge in [0.05, 0.1) is 105 Å². The van der Waals surface area contributed by atoms with Crippen molar-refractivity contribution in [3.63, 3.8) is 0 Å². The number of rotatable bonds is 2. The standard InChI is InChI=1S/C10H14N2.C7H9N.C5H12N2.C5H11N.C4H9NO.C4H9NS.C3H4N2/c1-2-4-10(5-3-1)12-8-6-11-7-9-12;8-6-7-4-2-1-3-5-7;1-7-4-2-6-3-5-7;1-2-4-6-5-3-1;2*1-3-6-4-2-5-1;1-2-4-5-3-1/h1-5,11H,6-9H2;1-5H,6,8H2;6H,2-5H2,1H3;6H,1-5H2;2*5H,1-4H2;1-3H,(H,4,5)/p+7. The summed E-state index contributed by atoms with van der Waals surface area (Å²) in [5.74, 6) is 2.72. The van der Waals surface area contributed by atoms with Crippen LogP contribution in [0.1, 0.15) is 24.8 Å². The molecular formula is C38H75N10OS+7. The lowest BCUT2D eigenvalue weighted by Crippen LogP contribution is -2.89. The Morgan fingerprint density at radius 1 is 0.660 bits per heavy atom. The molecule has 6 aliphatic rings. The van der Waals surface area contributed by atoms with E-state index >= 15 is 0 Å². The average Bonchev–Trinajstić information content (AvgIpc) is 3.83. The third kappa shape index (κ3) is 26.4. The molecule has 2 aromatic rings. The molecule has 0 spiro atoms. The van der Waals surface area contributed by atoms with Crippen molar-refractivity contribution in [2.24, 2.45) is 5.10 Å². The normalized spacial score (nSPS) is 19.7. The van der Waals surface area contributed by atoms with E-state index < -0.39 is 0 Å². The number of nitrogens with two attached hydrogens (primary N) is 6. The Labute approximate surface area is 308 Å². The summed E-state index contributed by atoms with van der Waals surface area (Å²) in [6, 6.07) is 20.9. The van der Waals surface area contributed by atoms with E-state index in [1.165, 1.54) is 121 Å². The Kier molecular flexibility index (Phi) is 29.6. The third-order valence-electron chi connectivity index (χ3n) is 8.53. The monoisotopic (exact) mass is 720 g/mol. The van der Waals surface area contributed by atoms with Gasteiger partial charge in [-0.15, -0.1) is 0 Å². The van der Waals surface area contributed by atoms with Gasteiger partial charge in [0.2, 0.25) is 0 Å². The number of piperazine rings is 2. The Hall–Kier alpha value is -2.36. The summed E-state index contributed by atoms with van der Waals surface area (Å²) in [4.78, 5) is 4.81. The number of nitrogens with zero attached hydrogens (tertiary/aromatic N) is 3. The van der Waals surface area contributed by atoms with Gasteiger partial charge in [0.15, 0.2) is 0 Å². The van der Waals surface area contributed by atoms with Crippen LogP contribution in [-0.4, -0.2) is 135 Å². The molecule has 0 saturated carbocycles. The van der Waals surface area contributed by atoms with Crippen LogP contribution in [0.5, 0.6) is 0 Å². The molecular weight excluding hydrogens is 645 g/mol. The molecule has 15 N–H and O–H groups in total. The van der Waals surface area contributed by atoms with E-state index in [2.05, 4.69) is 108 Å². The zero-order valence-corrected chi connectivity index (χ0v) is 32.2. The highest BCUT2D eigenvalue weighted by molar-refractivity contribution is 7.99. The number of ether oxygens (including phenoxy) is 1. The average molecular weight is 720 g/mol. The smallest absolute Gasteiger partial charge is 0.121 e. The summed E-state index contributed by atoms with van der Waals surface area (Å²) >= 11 is 2.06. The maximum Gasteiger partial charge on any atom is 0.121 e. The Bertz CT molecular complexity index is 953. The first-order chi connectivity index (χ1) is 24.8. The maximum absolute atomic E-state index is 5.04. The van der Waals surface area contributed by atoms with Crippen LogP contribution in [0.2, 0.25) is 0 Å². The SMILES string of the molecule is C1=C[NH2+]N=C1.C1CC[NH2+]CC1.C1COCC[NH2+]1.C1CSCC[NH2+]1.CN1CC[NH2+]CC1.[NH3+]Cc1ccccc1.c1ccc(N2CC[NH2+]CC2)cc1. The second-order valence-electron chi connectivity index (χ2n) is 12.8. The fourth-order valence-corrected chi connectivity index (χ4v) is 6.35. The van der Waals surface area contributed by atoms with Gasteiger partial charge in [-0.1, -0.05) is 53.6 Å².